The third kappa shape index (κ3) is 6.40. The molecule has 1 aliphatic heterocycles. The smallest absolute Gasteiger partial charge is 0.338 e. The molecule has 0 N–H and O–H groups in total. The van der Waals surface area contributed by atoms with E-state index in [-0.39, 0.29) is 24.3 Å². The Bertz CT molecular complexity index is 1930. The number of aromatic nitrogens is 1. The number of methoxy groups -OCH3 is 1. The average Bonchev–Trinajstić information content (AvgIpc) is 3.30. The summed E-state index contributed by atoms with van der Waals surface area (Å²) >= 11 is 13.6. The van der Waals surface area contributed by atoms with E-state index in [1.165, 1.54) is 18.4 Å². The van der Waals surface area contributed by atoms with Gasteiger partial charge < -0.3 is 19.1 Å². The molecule has 0 fully saturated rings. The zero-order valence-corrected chi connectivity index (χ0v) is 27.2. The first kappa shape index (κ1) is 31.4. The summed E-state index contributed by atoms with van der Waals surface area (Å²) in [6.45, 7) is 3.85. The third-order valence-electron chi connectivity index (χ3n) is 7.13. The van der Waals surface area contributed by atoms with Gasteiger partial charge in [0.2, 0.25) is 0 Å². The van der Waals surface area contributed by atoms with Crippen molar-refractivity contribution >= 4 is 52.3 Å². The van der Waals surface area contributed by atoms with Crippen LogP contribution in [-0.2, 0) is 16.1 Å². The van der Waals surface area contributed by atoms with Crippen LogP contribution in [0.3, 0.4) is 0 Å². The lowest BCUT2D eigenvalue weighted by Crippen LogP contribution is -2.40. The number of anilines is 1. The minimum atomic E-state index is -0.794. The Hall–Kier alpha value is -4.05. The van der Waals surface area contributed by atoms with E-state index >= 15 is 0 Å². The summed E-state index contributed by atoms with van der Waals surface area (Å²) in [5.41, 5.74) is 3.83. The van der Waals surface area contributed by atoms with Crippen LogP contribution in [0.1, 0.15) is 36.6 Å². The van der Waals surface area contributed by atoms with Gasteiger partial charge in [0.05, 0.1) is 35.6 Å². The second kappa shape index (κ2) is 13.3. The standard InChI is InChI=1S/C33H31Cl2N3O5S/c1-6-42-32(40)29-19(2)36-33-38(31(39)28(44-33)15-20-7-12-24(13-8-20)37(3)4)30(29)21-10-14-26(27(16-21)41-5)43-18-22-9-11-23(34)17-25(22)35/h7-17,30H,6,18H2,1-5H3/b28-15-/t30-/m1/s1. The van der Waals surface area contributed by atoms with Crippen molar-refractivity contribution in [2.45, 2.75) is 26.5 Å². The highest BCUT2D eigenvalue weighted by atomic mass is 35.5. The summed E-state index contributed by atoms with van der Waals surface area (Å²) in [6.07, 6.45) is 1.84. The first-order valence-corrected chi connectivity index (χ1v) is 15.4. The lowest BCUT2D eigenvalue weighted by molar-refractivity contribution is -0.139. The second-order valence-corrected chi connectivity index (χ2v) is 12.1. The summed E-state index contributed by atoms with van der Waals surface area (Å²) < 4.78 is 19.2. The number of hydrogen-bond donors (Lipinski definition) is 0. The van der Waals surface area contributed by atoms with Crippen LogP contribution in [0.2, 0.25) is 10.0 Å². The molecule has 0 spiro atoms. The lowest BCUT2D eigenvalue weighted by atomic mass is 9.95. The van der Waals surface area contributed by atoms with E-state index < -0.39 is 12.0 Å². The SMILES string of the molecule is CCOC(=O)C1=C(C)N=c2s/c(=C\c3ccc(N(C)C)cc3)c(=O)n2[C@@H]1c1ccc(OCc2ccc(Cl)cc2Cl)c(OC)c1. The highest BCUT2D eigenvalue weighted by Gasteiger charge is 2.34. The molecule has 1 aliphatic rings. The minimum Gasteiger partial charge on any atom is -0.493 e. The summed E-state index contributed by atoms with van der Waals surface area (Å²) in [5, 5.41) is 1.02. The zero-order chi connectivity index (χ0) is 31.5. The van der Waals surface area contributed by atoms with E-state index in [2.05, 4.69) is 4.99 Å². The zero-order valence-electron chi connectivity index (χ0n) is 24.9. The highest BCUT2D eigenvalue weighted by molar-refractivity contribution is 7.07. The molecular weight excluding hydrogens is 621 g/mol. The summed E-state index contributed by atoms with van der Waals surface area (Å²) in [7, 11) is 5.47. The third-order valence-corrected chi connectivity index (χ3v) is 8.70. The molecule has 11 heteroatoms. The second-order valence-electron chi connectivity index (χ2n) is 10.2. The number of hydrogen-bond acceptors (Lipinski definition) is 8. The molecule has 0 unspecified atom stereocenters. The van der Waals surface area contributed by atoms with Crippen LogP contribution in [0.15, 0.2) is 81.7 Å². The van der Waals surface area contributed by atoms with E-state index in [9.17, 15) is 9.59 Å². The van der Waals surface area contributed by atoms with Crippen LogP contribution < -0.4 is 29.3 Å². The highest BCUT2D eigenvalue weighted by Crippen LogP contribution is 2.37. The number of allylic oxidation sites excluding steroid dienone is 1. The molecule has 0 saturated carbocycles. The van der Waals surface area contributed by atoms with E-state index in [1.54, 1.807) is 54.8 Å². The molecule has 5 rings (SSSR count). The maximum Gasteiger partial charge on any atom is 0.338 e. The molecule has 4 aromatic rings. The fourth-order valence-electron chi connectivity index (χ4n) is 4.89. The van der Waals surface area contributed by atoms with Gasteiger partial charge in [0.15, 0.2) is 16.3 Å². The van der Waals surface area contributed by atoms with Crippen molar-refractivity contribution in [2.24, 2.45) is 4.99 Å². The first-order chi connectivity index (χ1) is 21.1. The number of fused-ring (bicyclic) bond motifs is 1. The van der Waals surface area contributed by atoms with Gasteiger partial charge in [-0.05, 0) is 67.4 Å². The Balaban J connectivity index is 1.58. The molecule has 0 saturated heterocycles. The summed E-state index contributed by atoms with van der Waals surface area (Å²) in [4.78, 5) is 34.4. The maximum atomic E-state index is 14.0. The van der Waals surface area contributed by atoms with E-state index in [1.807, 2.05) is 49.3 Å². The van der Waals surface area contributed by atoms with Gasteiger partial charge in [-0.1, -0.05) is 58.8 Å². The van der Waals surface area contributed by atoms with Crippen molar-refractivity contribution in [2.75, 3.05) is 32.7 Å². The molecule has 0 aliphatic carbocycles. The van der Waals surface area contributed by atoms with Gasteiger partial charge in [-0.3, -0.25) is 9.36 Å². The number of thiazole rings is 1. The van der Waals surface area contributed by atoms with Crippen molar-refractivity contribution in [1.82, 2.24) is 4.57 Å². The molecule has 228 valence electrons. The van der Waals surface area contributed by atoms with Gasteiger partial charge in [-0.15, -0.1) is 0 Å². The number of nitrogens with zero attached hydrogens (tertiary/aromatic N) is 3. The monoisotopic (exact) mass is 651 g/mol. The molecule has 2 heterocycles. The van der Waals surface area contributed by atoms with Crippen LogP contribution in [0, 0.1) is 0 Å². The Morgan fingerprint density at radius 1 is 1.07 bits per heavy atom. The van der Waals surface area contributed by atoms with Crippen molar-refractivity contribution in [1.29, 1.82) is 0 Å². The topological polar surface area (TPSA) is 82.4 Å². The Kier molecular flexibility index (Phi) is 9.48. The Morgan fingerprint density at radius 3 is 2.48 bits per heavy atom. The number of ether oxygens (including phenoxy) is 3. The van der Waals surface area contributed by atoms with Crippen molar-refractivity contribution in [3.8, 4) is 11.5 Å². The summed E-state index contributed by atoms with van der Waals surface area (Å²) in [5.74, 6) is 0.353. The summed E-state index contributed by atoms with van der Waals surface area (Å²) in [6, 6.07) is 17.6. The predicted octanol–water partition coefficient (Wildman–Crippen LogP) is 5.76. The molecular formula is C33H31Cl2N3O5S. The number of halogens is 2. The van der Waals surface area contributed by atoms with Crippen LogP contribution in [0.4, 0.5) is 5.69 Å². The molecule has 1 atom stereocenters. The van der Waals surface area contributed by atoms with Crippen LogP contribution in [0.5, 0.6) is 11.5 Å². The molecule has 0 radical (unpaired) electrons. The molecule has 0 bridgehead atoms. The first-order valence-electron chi connectivity index (χ1n) is 13.8. The van der Waals surface area contributed by atoms with Gasteiger partial charge in [0, 0.05) is 35.4 Å². The van der Waals surface area contributed by atoms with Gasteiger partial charge in [-0.2, -0.15) is 0 Å². The van der Waals surface area contributed by atoms with Gasteiger partial charge in [0.1, 0.15) is 6.61 Å². The molecule has 8 nitrogen and oxygen atoms in total. The molecule has 3 aromatic carbocycles. The largest absolute Gasteiger partial charge is 0.493 e. The van der Waals surface area contributed by atoms with E-state index in [0.29, 0.717) is 42.1 Å². The van der Waals surface area contributed by atoms with Gasteiger partial charge >= 0.3 is 5.97 Å². The van der Waals surface area contributed by atoms with Crippen molar-refractivity contribution in [3.63, 3.8) is 0 Å². The molecule has 0 amide bonds. The van der Waals surface area contributed by atoms with Crippen LogP contribution >= 0.6 is 34.5 Å². The van der Waals surface area contributed by atoms with Crippen LogP contribution in [0.25, 0.3) is 6.08 Å². The fraction of sp³-hybridized carbons (Fsp3) is 0.242. The number of carbonyl (C=O) groups is 1. The molecule has 44 heavy (non-hydrogen) atoms. The predicted molar refractivity (Wildman–Crippen MR) is 175 cm³/mol. The van der Waals surface area contributed by atoms with E-state index in [0.717, 1.165) is 16.8 Å². The number of carbonyl (C=O) groups excluding carboxylic acids is 1. The van der Waals surface area contributed by atoms with Crippen LogP contribution in [-0.4, -0.2) is 38.3 Å². The van der Waals surface area contributed by atoms with Gasteiger partial charge in [0.25, 0.3) is 5.56 Å². The Labute approximate surface area is 269 Å². The lowest BCUT2D eigenvalue weighted by Gasteiger charge is -2.25. The van der Waals surface area contributed by atoms with Crippen molar-refractivity contribution in [3.05, 3.63) is 118 Å². The average molecular weight is 653 g/mol. The Morgan fingerprint density at radius 2 is 1.82 bits per heavy atom. The molecule has 1 aromatic heterocycles. The number of benzene rings is 3. The number of rotatable bonds is 9. The van der Waals surface area contributed by atoms with E-state index in [4.69, 9.17) is 37.4 Å². The maximum absolute atomic E-state index is 14.0. The minimum absolute atomic E-state index is 0.180. The normalized spacial score (nSPS) is 14.6. The fourth-order valence-corrected chi connectivity index (χ4v) is 6.40. The number of esters is 1. The van der Waals surface area contributed by atoms with Gasteiger partial charge in [-0.25, -0.2) is 9.79 Å². The quantitative estimate of drug-likeness (QED) is 0.214. The van der Waals surface area contributed by atoms with Crippen molar-refractivity contribution < 1.29 is 19.0 Å².